The Hall–Kier alpha value is -1.07. The van der Waals surface area contributed by atoms with Crippen molar-refractivity contribution in [1.29, 1.82) is 0 Å². The first kappa shape index (κ1) is 15.3. The molecule has 1 N–H and O–H groups in total. The lowest BCUT2D eigenvalue weighted by molar-refractivity contribution is 0.0137. The summed E-state index contributed by atoms with van der Waals surface area (Å²) in [5.74, 6) is 0.347. The molecule has 1 aromatic heterocycles. The van der Waals surface area contributed by atoms with E-state index in [4.69, 9.17) is 4.74 Å². The van der Waals surface area contributed by atoms with Crippen LogP contribution in [0.3, 0.4) is 0 Å². The van der Waals surface area contributed by atoms with Gasteiger partial charge in [-0.05, 0) is 44.4 Å². The lowest BCUT2D eigenvalue weighted by Crippen LogP contribution is -2.35. The number of nitrogens with zero attached hydrogens (tertiary/aromatic N) is 1. The van der Waals surface area contributed by atoms with E-state index in [1.54, 1.807) is 0 Å². The van der Waals surface area contributed by atoms with Gasteiger partial charge in [0, 0.05) is 30.5 Å². The number of ether oxygens (including phenoxy) is 1. The van der Waals surface area contributed by atoms with Crippen LogP contribution in [0.25, 0.3) is 0 Å². The molecule has 2 atom stereocenters. The molecule has 0 saturated carbocycles. The molecule has 0 spiro atoms. The molecule has 2 unspecified atom stereocenters. The number of nitrogens with one attached hydrogen (secondary N) is 1. The minimum Gasteiger partial charge on any atom is -0.375 e. The van der Waals surface area contributed by atoms with E-state index in [-0.39, 0.29) is 6.04 Å². The molecule has 0 bridgehead atoms. The summed E-state index contributed by atoms with van der Waals surface area (Å²) < 4.78 is 29.1. The van der Waals surface area contributed by atoms with Crippen molar-refractivity contribution in [2.45, 2.75) is 44.1 Å². The van der Waals surface area contributed by atoms with Crippen LogP contribution < -0.4 is 5.32 Å². The Labute approximate surface area is 118 Å². The van der Waals surface area contributed by atoms with E-state index in [1.807, 2.05) is 19.3 Å². The molecule has 20 heavy (non-hydrogen) atoms. The molecule has 0 radical (unpaired) electrons. The number of pyridine rings is 1. The predicted molar refractivity (Wildman–Crippen MR) is 74.2 cm³/mol. The van der Waals surface area contributed by atoms with Gasteiger partial charge in [-0.25, -0.2) is 8.78 Å². The van der Waals surface area contributed by atoms with Crippen molar-refractivity contribution in [3.8, 4) is 0 Å². The molecule has 112 valence electrons. The molecule has 3 nitrogen and oxygen atoms in total. The SMILES string of the molecule is CNC(CCOCC(F)F)C1CCCc2cccnc21. The molecule has 1 aliphatic rings. The average Bonchev–Trinajstić information content (AvgIpc) is 2.47. The Morgan fingerprint density at radius 1 is 1.50 bits per heavy atom. The van der Waals surface area contributed by atoms with Crippen molar-refractivity contribution in [2.24, 2.45) is 0 Å². The van der Waals surface area contributed by atoms with Crippen molar-refractivity contribution in [3.05, 3.63) is 29.6 Å². The molecule has 0 saturated heterocycles. The molecule has 0 fully saturated rings. The Morgan fingerprint density at radius 2 is 2.35 bits per heavy atom. The Kier molecular flexibility index (Phi) is 5.86. The van der Waals surface area contributed by atoms with Gasteiger partial charge in [-0.3, -0.25) is 4.98 Å². The summed E-state index contributed by atoms with van der Waals surface area (Å²) in [6.07, 6.45) is 3.49. The van der Waals surface area contributed by atoms with Crippen LogP contribution in [-0.4, -0.2) is 37.7 Å². The fraction of sp³-hybridized carbons (Fsp3) is 0.667. The molecule has 0 aromatic carbocycles. The highest BCUT2D eigenvalue weighted by atomic mass is 19.3. The number of halogens is 2. The van der Waals surface area contributed by atoms with Crippen LogP contribution >= 0.6 is 0 Å². The quantitative estimate of drug-likeness (QED) is 0.782. The highest BCUT2D eigenvalue weighted by Gasteiger charge is 2.27. The van der Waals surface area contributed by atoms with E-state index < -0.39 is 13.0 Å². The molecule has 0 amide bonds. The molecular formula is C15H22F2N2O. The summed E-state index contributed by atoms with van der Waals surface area (Å²) >= 11 is 0. The molecule has 5 heteroatoms. The van der Waals surface area contributed by atoms with E-state index in [1.165, 1.54) is 5.56 Å². The van der Waals surface area contributed by atoms with Crippen LogP contribution in [0.1, 0.15) is 36.4 Å². The summed E-state index contributed by atoms with van der Waals surface area (Å²) in [6, 6.07) is 4.33. The van der Waals surface area contributed by atoms with Crippen molar-refractivity contribution < 1.29 is 13.5 Å². The van der Waals surface area contributed by atoms with Crippen LogP contribution in [0.15, 0.2) is 18.3 Å². The van der Waals surface area contributed by atoms with Gasteiger partial charge in [-0.2, -0.15) is 0 Å². The summed E-state index contributed by atoms with van der Waals surface area (Å²) in [4.78, 5) is 4.53. The summed E-state index contributed by atoms with van der Waals surface area (Å²) in [5.41, 5.74) is 2.48. The second kappa shape index (κ2) is 7.64. The Morgan fingerprint density at radius 3 is 3.10 bits per heavy atom. The lowest BCUT2D eigenvalue weighted by atomic mass is 9.81. The maximum absolute atomic E-state index is 12.0. The number of aryl methyl sites for hydroxylation is 1. The van der Waals surface area contributed by atoms with E-state index in [9.17, 15) is 8.78 Å². The fourth-order valence-electron chi connectivity index (χ4n) is 2.97. The second-order valence-electron chi connectivity index (χ2n) is 5.20. The van der Waals surface area contributed by atoms with Crippen molar-refractivity contribution in [2.75, 3.05) is 20.3 Å². The van der Waals surface area contributed by atoms with Gasteiger partial charge in [-0.15, -0.1) is 0 Å². The Bertz CT molecular complexity index is 415. The van der Waals surface area contributed by atoms with Crippen LogP contribution in [-0.2, 0) is 11.2 Å². The van der Waals surface area contributed by atoms with Gasteiger partial charge in [0.2, 0.25) is 0 Å². The first-order valence-electron chi connectivity index (χ1n) is 7.19. The fourth-order valence-corrected chi connectivity index (χ4v) is 2.97. The lowest BCUT2D eigenvalue weighted by Gasteiger charge is -2.31. The maximum atomic E-state index is 12.0. The van der Waals surface area contributed by atoms with Crippen molar-refractivity contribution >= 4 is 0 Å². The van der Waals surface area contributed by atoms with Crippen LogP contribution in [0.2, 0.25) is 0 Å². The predicted octanol–water partition coefficient (Wildman–Crippen LogP) is 2.76. The second-order valence-corrected chi connectivity index (χ2v) is 5.20. The third-order valence-electron chi connectivity index (χ3n) is 3.91. The standard InChI is InChI=1S/C15H22F2N2O/c1-18-13(7-9-20-10-14(16)17)12-6-2-4-11-5-3-8-19-15(11)12/h3,5,8,12-14,18H,2,4,6-7,9-10H2,1H3. The molecule has 1 heterocycles. The highest BCUT2D eigenvalue weighted by molar-refractivity contribution is 5.27. The van der Waals surface area contributed by atoms with E-state index in [0.717, 1.165) is 31.4 Å². The van der Waals surface area contributed by atoms with Crippen molar-refractivity contribution in [3.63, 3.8) is 0 Å². The topological polar surface area (TPSA) is 34.1 Å². The van der Waals surface area contributed by atoms with Gasteiger partial charge in [-0.1, -0.05) is 6.07 Å². The average molecular weight is 284 g/mol. The maximum Gasteiger partial charge on any atom is 0.261 e. The molecule has 1 aromatic rings. The van der Waals surface area contributed by atoms with E-state index in [0.29, 0.717) is 12.5 Å². The van der Waals surface area contributed by atoms with E-state index >= 15 is 0 Å². The van der Waals surface area contributed by atoms with E-state index in [2.05, 4.69) is 16.4 Å². The summed E-state index contributed by atoms with van der Waals surface area (Å²) in [5, 5.41) is 3.29. The zero-order valence-corrected chi connectivity index (χ0v) is 11.8. The normalized spacial score (nSPS) is 19.9. The van der Waals surface area contributed by atoms with Crippen LogP contribution in [0.5, 0.6) is 0 Å². The van der Waals surface area contributed by atoms with Gasteiger partial charge in [0.25, 0.3) is 6.43 Å². The smallest absolute Gasteiger partial charge is 0.261 e. The first-order chi connectivity index (χ1) is 9.72. The third-order valence-corrected chi connectivity index (χ3v) is 3.91. The third kappa shape index (κ3) is 3.96. The number of likely N-dealkylation sites (N-methyl/N-ethyl adjacent to an activating group) is 1. The molecule has 2 rings (SSSR count). The molecular weight excluding hydrogens is 262 g/mol. The Balaban J connectivity index is 1.94. The molecule has 0 aliphatic heterocycles. The minimum absolute atomic E-state index is 0.224. The first-order valence-corrected chi connectivity index (χ1v) is 7.19. The zero-order chi connectivity index (χ0) is 14.4. The monoisotopic (exact) mass is 284 g/mol. The summed E-state index contributed by atoms with van der Waals surface area (Å²) in [6.45, 7) is -0.121. The highest BCUT2D eigenvalue weighted by Crippen LogP contribution is 2.33. The number of hydrogen-bond donors (Lipinski definition) is 1. The molecule has 1 aliphatic carbocycles. The number of aromatic nitrogens is 1. The number of rotatable bonds is 7. The zero-order valence-electron chi connectivity index (χ0n) is 11.8. The van der Waals surface area contributed by atoms with Crippen LogP contribution in [0.4, 0.5) is 8.78 Å². The summed E-state index contributed by atoms with van der Waals surface area (Å²) in [7, 11) is 1.91. The van der Waals surface area contributed by atoms with Crippen LogP contribution in [0, 0.1) is 0 Å². The van der Waals surface area contributed by atoms with Gasteiger partial charge in [0.15, 0.2) is 0 Å². The largest absolute Gasteiger partial charge is 0.375 e. The minimum atomic E-state index is -2.39. The van der Waals surface area contributed by atoms with Gasteiger partial charge in [0.1, 0.15) is 6.61 Å². The number of alkyl halides is 2. The number of fused-ring (bicyclic) bond motifs is 1. The van der Waals surface area contributed by atoms with Gasteiger partial charge in [0.05, 0.1) is 0 Å². The van der Waals surface area contributed by atoms with Gasteiger partial charge < -0.3 is 10.1 Å². The number of hydrogen-bond acceptors (Lipinski definition) is 3. The van der Waals surface area contributed by atoms with Crippen molar-refractivity contribution in [1.82, 2.24) is 10.3 Å². The van der Waals surface area contributed by atoms with Gasteiger partial charge >= 0.3 is 0 Å².